The second-order valence-electron chi connectivity index (χ2n) is 9.21. The first-order chi connectivity index (χ1) is 16.7. The molecule has 0 saturated carbocycles. The quantitative estimate of drug-likeness (QED) is 0.487. The SMILES string of the molecule is C[C@@H]1Cc2nn3c(c2CN1C(=O)c1ccc(Cl)c(Cl)c1)C(=O)N([C@@H](C)c1cc(F)ccn1)C[C@H]3C. The lowest BCUT2D eigenvalue weighted by Gasteiger charge is -2.37. The first-order valence-electron chi connectivity index (χ1n) is 11.4. The molecule has 0 unspecified atom stereocenters. The van der Waals surface area contributed by atoms with Crippen LogP contribution in [0, 0.1) is 5.82 Å². The van der Waals surface area contributed by atoms with Crippen molar-refractivity contribution in [3.05, 3.63) is 80.6 Å². The van der Waals surface area contributed by atoms with Gasteiger partial charge >= 0.3 is 0 Å². The number of amides is 2. The molecule has 0 spiro atoms. The molecular weight excluding hydrogens is 492 g/mol. The van der Waals surface area contributed by atoms with E-state index in [1.54, 1.807) is 32.7 Å². The van der Waals surface area contributed by atoms with Crippen molar-refractivity contribution >= 4 is 35.0 Å². The first-order valence-corrected chi connectivity index (χ1v) is 12.2. The third-order valence-corrected chi connectivity index (χ3v) is 7.59. The van der Waals surface area contributed by atoms with E-state index in [9.17, 15) is 14.0 Å². The van der Waals surface area contributed by atoms with Gasteiger partial charge in [-0.05, 0) is 51.1 Å². The van der Waals surface area contributed by atoms with Gasteiger partial charge in [0.05, 0.1) is 40.1 Å². The molecular formula is C25H24Cl2FN5O2. The number of benzene rings is 1. The van der Waals surface area contributed by atoms with Gasteiger partial charge in [0, 0.05) is 36.3 Å². The summed E-state index contributed by atoms with van der Waals surface area (Å²) in [6.07, 6.45) is 1.93. The summed E-state index contributed by atoms with van der Waals surface area (Å²) in [5.41, 5.74) is 2.96. The van der Waals surface area contributed by atoms with E-state index >= 15 is 0 Å². The van der Waals surface area contributed by atoms with Crippen molar-refractivity contribution < 1.29 is 14.0 Å². The van der Waals surface area contributed by atoms with Crippen molar-refractivity contribution in [3.8, 4) is 0 Å². The summed E-state index contributed by atoms with van der Waals surface area (Å²) in [5, 5.41) is 5.45. The van der Waals surface area contributed by atoms with Crippen molar-refractivity contribution in [1.82, 2.24) is 24.6 Å². The minimum atomic E-state index is -0.420. The zero-order valence-electron chi connectivity index (χ0n) is 19.5. The Kier molecular flexibility index (Phi) is 6.05. The van der Waals surface area contributed by atoms with Crippen LogP contribution in [0.3, 0.4) is 0 Å². The Morgan fingerprint density at radius 2 is 1.91 bits per heavy atom. The van der Waals surface area contributed by atoms with Crippen LogP contribution in [-0.2, 0) is 13.0 Å². The van der Waals surface area contributed by atoms with E-state index in [2.05, 4.69) is 4.98 Å². The maximum atomic E-state index is 13.8. The summed E-state index contributed by atoms with van der Waals surface area (Å²) < 4.78 is 15.6. The summed E-state index contributed by atoms with van der Waals surface area (Å²) in [5.74, 6) is -0.786. The van der Waals surface area contributed by atoms with Crippen LogP contribution in [0.2, 0.25) is 10.0 Å². The third-order valence-electron chi connectivity index (χ3n) is 6.85. The number of rotatable bonds is 3. The van der Waals surface area contributed by atoms with Crippen LogP contribution in [-0.4, -0.2) is 49.0 Å². The maximum absolute atomic E-state index is 13.8. The lowest BCUT2D eigenvalue weighted by molar-refractivity contribution is 0.0570. The molecule has 0 N–H and O–H groups in total. The summed E-state index contributed by atoms with van der Waals surface area (Å²) in [6, 6.07) is 6.82. The number of carbonyl (C=O) groups excluding carboxylic acids is 2. The fourth-order valence-electron chi connectivity index (χ4n) is 4.90. The van der Waals surface area contributed by atoms with Crippen LogP contribution in [0.25, 0.3) is 0 Å². The molecule has 7 nitrogen and oxygen atoms in total. The van der Waals surface area contributed by atoms with Crippen molar-refractivity contribution in [2.24, 2.45) is 0 Å². The molecule has 0 bridgehead atoms. The number of fused-ring (bicyclic) bond motifs is 3. The zero-order valence-corrected chi connectivity index (χ0v) is 21.0. The number of hydrogen-bond acceptors (Lipinski definition) is 4. The minimum Gasteiger partial charge on any atom is -0.331 e. The van der Waals surface area contributed by atoms with Gasteiger partial charge in [-0.3, -0.25) is 19.3 Å². The summed E-state index contributed by atoms with van der Waals surface area (Å²) >= 11 is 12.2. The molecule has 0 aliphatic carbocycles. The van der Waals surface area contributed by atoms with E-state index in [-0.39, 0.29) is 30.4 Å². The molecule has 3 aromatic rings. The highest BCUT2D eigenvalue weighted by molar-refractivity contribution is 6.42. The Morgan fingerprint density at radius 3 is 2.63 bits per heavy atom. The van der Waals surface area contributed by atoms with E-state index in [0.717, 1.165) is 11.3 Å². The van der Waals surface area contributed by atoms with Gasteiger partial charge in [-0.2, -0.15) is 5.10 Å². The predicted octanol–water partition coefficient (Wildman–Crippen LogP) is 5.09. The normalized spacial score (nSPS) is 20.5. The number of aromatic nitrogens is 3. The molecule has 0 radical (unpaired) electrons. The van der Waals surface area contributed by atoms with E-state index in [0.29, 0.717) is 40.0 Å². The molecule has 10 heteroatoms. The molecule has 0 fully saturated rings. The lowest BCUT2D eigenvalue weighted by atomic mass is 9.97. The van der Waals surface area contributed by atoms with Gasteiger partial charge in [-0.25, -0.2) is 4.39 Å². The van der Waals surface area contributed by atoms with Gasteiger partial charge in [0.15, 0.2) is 0 Å². The number of hydrogen-bond donors (Lipinski definition) is 0. The lowest BCUT2D eigenvalue weighted by Crippen LogP contribution is -2.45. The van der Waals surface area contributed by atoms with Crippen molar-refractivity contribution in [2.75, 3.05) is 6.54 Å². The van der Waals surface area contributed by atoms with Crippen molar-refractivity contribution in [1.29, 1.82) is 0 Å². The smallest absolute Gasteiger partial charge is 0.273 e. The van der Waals surface area contributed by atoms with E-state index in [1.807, 2.05) is 20.8 Å². The number of carbonyl (C=O) groups is 2. The Balaban J connectivity index is 1.48. The summed E-state index contributed by atoms with van der Waals surface area (Å²) in [4.78, 5) is 34.8. The van der Waals surface area contributed by atoms with Crippen molar-refractivity contribution in [3.63, 3.8) is 0 Å². The zero-order chi connectivity index (χ0) is 25.0. The Bertz CT molecular complexity index is 1340. The fraction of sp³-hybridized carbons (Fsp3) is 0.360. The average molecular weight is 516 g/mol. The van der Waals surface area contributed by atoms with Crippen LogP contribution < -0.4 is 0 Å². The second-order valence-corrected chi connectivity index (χ2v) is 10.0. The molecule has 3 atom stereocenters. The highest BCUT2D eigenvalue weighted by atomic mass is 35.5. The van der Waals surface area contributed by atoms with Crippen LogP contribution in [0.5, 0.6) is 0 Å². The molecule has 2 aliphatic heterocycles. The van der Waals surface area contributed by atoms with Gasteiger partial charge in [-0.15, -0.1) is 0 Å². The highest BCUT2D eigenvalue weighted by Gasteiger charge is 2.40. The topological polar surface area (TPSA) is 71.3 Å². The van der Waals surface area contributed by atoms with E-state index in [1.165, 1.54) is 18.3 Å². The van der Waals surface area contributed by atoms with Gasteiger partial charge in [0.2, 0.25) is 0 Å². The second kappa shape index (κ2) is 8.91. The van der Waals surface area contributed by atoms with Gasteiger partial charge < -0.3 is 9.80 Å². The Labute approximate surface area is 212 Å². The monoisotopic (exact) mass is 515 g/mol. The maximum Gasteiger partial charge on any atom is 0.273 e. The van der Waals surface area contributed by atoms with Crippen LogP contribution in [0.4, 0.5) is 4.39 Å². The van der Waals surface area contributed by atoms with Gasteiger partial charge in [0.25, 0.3) is 11.8 Å². The van der Waals surface area contributed by atoms with Gasteiger partial charge in [0.1, 0.15) is 11.5 Å². The molecule has 2 aromatic heterocycles. The minimum absolute atomic E-state index is 0.0844. The largest absolute Gasteiger partial charge is 0.331 e. The molecule has 0 saturated heterocycles. The standard InChI is InChI=1S/C25H24Cl2FN5O2/c1-13-8-22-18(12-31(13)24(34)16-4-5-19(26)20(27)9-16)23-25(35)32(11-14(2)33(23)30-22)15(3)21-10-17(28)6-7-29-21/h4-7,9-10,13-15H,8,11-12H2,1-3H3/t13-,14-,15+/m1/s1. The third kappa shape index (κ3) is 4.08. The van der Waals surface area contributed by atoms with E-state index < -0.39 is 11.9 Å². The summed E-state index contributed by atoms with van der Waals surface area (Å²) in [6.45, 7) is 6.48. The van der Waals surface area contributed by atoms with Crippen LogP contribution >= 0.6 is 23.2 Å². The fourth-order valence-corrected chi connectivity index (χ4v) is 5.20. The summed E-state index contributed by atoms with van der Waals surface area (Å²) in [7, 11) is 0. The highest BCUT2D eigenvalue weighted by Crippen LogP contribution is 2.35. The van der Waals surface area contributed by atoms with Gasteiger partial charge in [-0.1, -0.05) is 23.2 Å². The Hall–Kier alpha value is -2.97. The number of pyridine rings is 1. The number of nitrogens with zero attached hydrogens (tertiary/aromatic N) is 5. The number of halogens is 3. The first kappa shape index (κ1) is 23.8. The van der Waals surface area contributed by atoms with Crippen LogP contribution in [0.1, 0.15) is 70.7 Å². The average Bonchev–Trinajstić information content (AvgIpc) is 3.20. The predicted molar refractivity (Wildman–Crippen MR) is 130 cm³/mol. The molecule has 182 valence electrons. The molecule has 35 heavy (non-hydrogen) atoms. The molecule has 1 aromatic carbocycles. The molecule has 5 rings (SSSR count). The van der Waals surface area contributed by atoms with E-state index in [4.69, 9.17) is 28.3 Å². The molecule has 2 aliphatic rings. The van der Waals surface area contributed by atoms with Crippen LogP contribution in [0.15, 0.2) is 36.5 Å². The molecule has 4 heterocycles. The Morgan fingerprint density at radius 1 is 1.14 bits per heavy atom. The molecule has 2 amide bonds. The van der Waals surface area contributed by atoms with Crippen molar-refractivity contribution in [2.45, 2.75) is 51.9 Å².